The molecule has 168 valence electrons. The predicted octanol–water partition coefficient (Wildman–Crippen LogP) is 4.52. The van der Waals surface area contributed by atoms with Crippen molar-refractivity contribution in [2.45, 2.75) is 39.8 Å². The van der Waals surface area contributed by atoms with Crippen LogP contribution in [0.25, 0.3) is 0 Å². The largest absolute Gasteiger partial charge is 0.490 e. The van der Waals surface area contributed by atoms with Gasteiger partial charge < -0.3 is 29.6 Å². The van der Waals surface area contributed by atoms with Crippen molar-refractivity contribution in [1.29, 1.82) is 0 Å². The Hall–Kier alpha value is -2.61. The van der Waals surface area contributed by atoms with Crippen molar-refractivity contribution in [3.8, 4) is 23.0 Å². The van der Waals surface area contributed by atoms with Gasteiger partial charge in [0.15, 0.2) is 29.6 Å². The zero-order chi connectivity index (χ0) is 22.4. The molecule has 3 rings (SSSR count). The third-order valence-corrected chi connectivity index (χ3v) is 5.05. The van der Waals surface area contributed by atoms with Crippen LogP contribution < -0.4 is 29.6 Å². The molecule has 0 spiro atoms. The SMILES string of the molecule is CCOc1cc(CNc2ccc3c(c2)OCCO3)c(Br)cc1OCC(=O)NC(C)(C)C. The summed E-state index contributed by atoms with van der Waals surface area (Å²) in [5.41, 5.74) is 1.60. The van der Waals surface area contributed by atoms with Gasteiger partial charge in [-0.25, -0.2) is 0 Å². The van der Waals surface area contributed by atoms with E-state index in [0.29, 0.717) is 37.9 Å². The summed E-state index contributed by atoms with van der Waals surface area (Å²) in [4.78, 5) is 12.1. The van der Waals surface area contributed by atoms with Crippen molar-refractivity contribution in [2.75, 3.05) is 31.7 Å². The molecule has 2 N–H and O–H groups in total. The van der Waals surface area contributed by atoms with Crippen LogP contribution in [0.2, 0.25) is 0 Å². The first-order valence-electron chi connectivity index (χ1n) is 10.3. The summed E-state index contributed by atoms with van der Waals surface area (Å²) >= 11 is 3.60. The zero-order valence-corrected chi connectivity index (χ0v) is 19.9. The lowest BCUT2D eigenvalue weighted by Crippen LogP contribution is -2.43. The quantitative estimate of drug-likeness (QED) is 0.563. The van der Waals surface area contributed by atoms with Gasteiger partial charge in [0, 0.05) is 28.3 Å². The molecule has 0 fully saturated rings. The third-order valence-electron chi connectivity index (χ3n) is 4.31. The van der Waals surface area contributed by atoms with Gasteiger partial charge in [0.05, 0.1) is 6.61 Å². The van der Waals surface area contributed by atoms with Gasteiger partial charge in [-0.15, -0.1) is 0 Å². The van der Waals surface area contributed by atoms with Gasteiger partial charge in [0.2, 0.25) is 0 Å². The Bertz CT molecular complexity index is 927. The number of anilines is 1. The van der Waals surface area contributed by atoms with Crippen LogP contribution >= 0.6 is 15.9 Å². The molecule has 0 bridgehead atoms. The second kappa shape index (κ2) is 10.1. The number of nitrogens with one attached hydrogen (secondary N) is 2. The van der Waals surface area contributed by atoms with E-state index in [-0.39, 0.29) is 18.1 Å². The fourth-order valence-corrected chi connectivity index (χ4v) is 3.50. The van der Waals surface area contributed by atoms with E-state index < -0.39 is 0 Å². The van der Waals surface area contributed by atoms with Crippen LogP contribution in [-0.2, 0) is 11.3 Å². The molecule has 0 atom stereocenters. The lowest BCUT2D eigenvalue weighted by Gasteiger charge is -2.21. The van der Waals surface area contributed by atoms with Gasteiger partial charge in [-0.2, -0.15) is 0 Å². The number of rotatable bonds is 8. The Labute approximate surface area is 191 Å². The van der Waals surface area contributed by atoms with Crippen LogP contribution in [0, 0.1) is 0 Å². The Morgan fingerprint density at radius 2 is 1.77 bits per heavy atom. The van der Waals surface area contributed by atoms with Crippen LogP contribution in [-0.4, -0.2) is 37.9 Å². The Morgan fingerprint density at radius 1 is 1.06 bits per heavy atom. The number of carbonyl (C=O) groups is 1. The van der Waals surface area contributed by atoms with E-state index in [4.69, 9.17) is 18.9 Å². The van der Waals surface area contributed by atoms with Crippen molar-refractivity contribution >= 4 is 27.5 Å². The molecule has 1 heterocycles. The van der Waals surface area contributed by atoms with E-state index in [2.05, 4.69) is 26.6 Å². The third kappa shape index (κ3) is 6.69. The summed E-state index contributed by atoms with van der Waals surface area (Å²) in [6, 6.07) is 9.52. The van der Waals surface area contributed by atoms with E-state index in [0.717, 1.165) is 27.2 Å². The normalized spacial score (nSPS) is 12.8. The lowest BCUT2D eigenvalue weighted by molar-refractivity contribution is -0.124. The minimum absolute atomic E-state index is 0.0847. The zero-order valence-electron chi connectivity index (χ0n) is 18.3. The average molecular weight is 493 g/mol. The molecule has 1 aliphatic rings. The molecule has 0 aliphatic carbocycles. The Kier molecular flexibility index (Phi) is 7.54. The first-order valence-corrected chi connectivity index (χ1v) is 11.1. The van der Waals surface area contributed by atoms with Crippen LogP contribution in [0.3, 0.4) is 0 Å². The molecular weight excluding hydrogens is 464 g/mol. The second-order valence-corrected chi connectivity index (χ2v) is 8.98. The van der Waals surface area contributed by atoms with Crippen molar-refractivity contribution in [3.05, 3.63) is 40.4 Å². The first kappa shape index (κ1) is 23.1. The first-order chi connectivity index (χ1) is 14.7. The van der Waals surface area contributed by atoms with Crippen LogP contribution in [0.5, 0.6) is 23.0 Å². The van der Waals surface area contributed by atoms with Gasteiger partial charge in [-0.1, -0.05) is 15.9 Å². The summed E-state index contributed by atoms with van der Waals surface area (Å²) < 4.78 is 23.5. The van der Waals surface area contributed by atoms with Gasteiger partial charge in [-0.05, 0) is 57.5 Å². The van der Waals surface area contributed by atoms with Crippen molar-refractivity contribution < 1.29 is 23.7 Å². The van der Waals surface area contributed by atoms with E-state index in [9.17, 15) is 4.79 Å². The number of fused-ring (bicyclic) bond motifs is 1. The van der Waals surface area contributed by atoms with Gasteiger partial charge in [0.1, 0.15) is 13.2 Å². The standard InChI is InChI=1S/C23H29BrN2O5/c1-5-28-19-10-15(13-25-16-6-7-18-20(11-16)30-9-8-29-18)17(24)12-21(19)31-14-22(27)26-23(2,3)4/h6-7,10-12,25H,5,8-9,13-14H2,1-4H3,(H,26,27). The second-order valence-electron chi connectivity index (χ2n) is 8.12. The predicted molar refractivity (Wildman–Crippen MR) is 123 cm³/mol. The average Bonchev–Trinajstić information content (AvgIpc) is 2.71. The monoisotopic (exact) mass is 492 g/mol. The fraction of sp³-hybridized carbons (Fsp3) is 0.435. The highest BCUT2D eigenvalue weighted by molar-refractivity contribution is 9.10. The number of benzene rings is 2. The molecule has 31 heavy (non-hydrogen) atoms. The fourth-order valence-electron chi connectivity index (χ4n) is 3.04. The highest BCUT2D eigenvalue weighted by Gasteiger charge is 2.17. The van der Waals surface area contributed by atoms with E-state index in [1.165, 1.54) is 0 Å². The van der Waals surface area contributed by atoms with E-state index in [1.54, 1.807) is 0 Å². The molecular formula is C23H29BrN2O5. The molecule has 7 nitrogen and oxygen atoms in total. The molecule has 2 aromatic rings. The molecule has 0 radical (unpaired) electrons. The van der Waals surface area contributed by atoms with Crippen molar-refractivity contribution in [2.24, 2.45) is 0 Å². The van der Waals surface area contributed by atoms with Crippen LogP contribution in [0.4, 0.5) is 5.69 Å². The van der Waals surface area contributed by atoms with Crippen LogP contribution in [0.1, 0.15) is 33.3 Å². The number of halogens is 1. The molecule has 1 aliphatic heterocycles. The maximum atomic E-state index is 12.1. The van der Waals surface area contributed by atoms with E-state index in [1.807, 2.05) is 58.0 Å². The van der Waals surface area contributed by atoms with E-state index >= 15 is 0 Å². The summed E-state index contributed by atoms with van der Waals surface area (Å²) in [5, 5.41) is 6.27. The summed E-state index contributed by atoms with van der Waals surface area (Å²) in [7, 11) is 0. The number of hydrogen-bond donors (Lipinski definition) is 2. The summed E-state index contributed by atoms with van der Waals surface area (Å²) in [6.07, 6.45) is 0. The van der Waals surface area contributed by atoms with Gasteiger partial charge in [0.25, 0.3) is 5.91 Å². The molecule has 0 saturated heterocycles. The number of hydrogen-bond acceptors (Lipinski definition) is 6. The highest BCUT2D eigenvalue weighted by Crippen LogP contribution is 2.35. The van der Waals surface area contributed by atoms with Gasteiger partial charge >= 0.3 is 0 Å². The maximum absolute atomic E-state index is 12.1. The minimum Gasteiger partial charge on any atom is -0.490 e. The van der Waals surface area contributed by atoms with Gasteiger partial charge in [-0.3, -0.25) is 4.79 Å². The molecule has 0 aromatic heterocycles. The number of amides is 1. The Morgan fingerprint density at radius 3 is 2.48 bits per heavy atom. The van der Waals surface area contributed by atoms with Crippen molar-refractivity contribution in [1.82, 2.24) is 5.32 Å². The molecule has 0 saturated carbocycles. The van der Waals surface area contributed by atoms with Crippen molar-refractivity contribution in [3.63, 3.8) is 0 Å². The molecule has 8 heteroatoms. The summed E-state index contributed by atoms with van der Waals surface area (Å²) in [5.74, 6) is 2.42. The molecule has 2 aromatic carbocycles. The molecule has 0 unspecified atom stereocenters. The lowest BCUT2D eigenvalue weighted by atomic mass is 10.1. The van der Waals surface area contributed by atoms with Crippen LogP contribution in [0.15, 0.2) is 34.8 Å². The maximum Gasteiger partial charge on any atom is 0.258 e. The number of carbonyl (C=O) groups excluding carboxylic acids is 1. The number of ether oxygens (including phenoxy) is 4. The molecule has 1 amide bonds. The highest BCUT2D eigenvalue weighted by atomic mass is 79.9. The summed E-state index contributed by atoms with van der Waals surface area (Å²) in [6.45, 7) is 9.77. The smallest absolute Gasteiger partial charge is 0.258 e. The topological polar surface area (TPSA) is 78.1 Å². The Balaban J connectivity index is 1.68. The minimum atomic E-state index is -0.312.